The third-order valence-electron chi connectivity index (χ3n) is 3.98. The van der Waals surface area contributed by atoms with E-state index >= 15 is 0 Å². The van der Waals surface area contributed by atoms with Gasteiger partial charge in [0.05, 0.1) is 5.25 Å². The maximum Gasteiger partial charge on any atom is 0.180 e. The van der Waals surface area contributed by atoms with E-state index in [1.54, 1.807) is 13.0 Å². The molecule has 20 heavy (non-hydrogen) atoms. The Morgan fingerprint density at radius 2 is 1.60 bits per heavy atom. The summed E-state index contributed by atoms with van der Waals surface area (Å²) in [6, 6.07) is 5.54. The minimum absolute atomic E-state index is 0.00569. The minimum Gasteiger partial charge on any atom is -0.293 e. The van der Waals surface area contributed by atoms with Crippen molar-refractivity contribution in [2.75, 3.05) is 0 Å². The van der Waals surface area contributed by atoms with Crippen LogP contribution in [0, 0.1) is 19.8 Å². The highest BCUT2D eigenvalue weighted by atomic mass is 32.2. The van der Waals surface area contributed by atoms with E-state index in [0.717, 1.165) is 11.1 Å². The first-order valence-electron chi connectivity index (χ1n) is 6.93. The molecule has 0 aliphatic heterocycles. The number of ketones is 1. The predicted octanol–water partition coefficient (Wildman–Crippen LogP) is 3.33. The number of benzene rings is 1. The highest BCUT2D eigenvalue weighted by molar-refractivity contribution is 7.93. The molecule has 0 aromatic heterocycles. The SMILES string of the molecule is Cc1ccc(C)c(C(=O)C(C)S(=O)(=O)C(C)C(C)C)c1. The van der Waals surface area contributed by atoms with Crippen LogP contribution in [0.1, 0.15) is 49.2 Å². The van der Waals surface area contributed by atoms with E-state index in [0.29, 0.717) is 5.56 Å². The van der Waals surface area contributed by atoms with Crippen LogP contribution in [0.2, 0.25) is 0 Å². The van der Waals surface area contributed by atoms with Crippen LogP contribution in [0.15, 0.2) is 18.2 Å². The van der Waals surface area contributed by atoms with Gasteiger partial charge in [-0.3, -0.25) is 4.79 Å². The van der Waals surface area contributed by atoms with Gasteiger partial charge in [0.25, 0.3) is 0 Å². The number of hydrogen-bond acceptors (Lipinski definition) is 3. The fourth-order valence-corrected chi connectivity index (χ4v) is 3.90. The molecule has 0 amide bonds. The second-order valence-electron chi connectivity index (χ2n) is 5.86. The standard InChI is InChI=1S/C16H24O3S/c1-10(2)13(5)20(18,19)14(6)16(17)15-9-11(3)7-8-12(15)4/h7-10,13-14H,1-6H3. The number of carbonyl (C=O) groups excluding carboxylic acids is 1. The van der Waals surface area contributed by atoms with Gasteiger partial charge in [-0.2, -0.15) is 0 Å². The van der Waals surface area contributed by atoms with Crippen molar-refractivity contribution in [2.24, 2.45) is 5.92 Å². The van der Waals surface area contributed by atoms with Crippen LogP contribution < -0.4 is 0 Å². The first-order valence-corrected chi connectivity index (χ1v) is 8.54. The van der Waals surface area contributed by atoms with Gasteiger partial charge in [-0.15, -0.1) is 0 Å². The highest BCUT2D eigenvalue weighted by Gasteiger charge is 2.35. The smallest absolute Gasteiger partial charge is 0.180 e. The summed E-state index contributed by atoms with van der Waals surface area (Å²) in [6.07, 6.45) is 0. The molecule has 0 aliphatic carbocycles. The van der Waals surface area contributed by atoms with Gasteiger partial charge in [0, 0.05) is 5.56 Å². The maximum atomic E-state index is 12.5. The summed E-state index contributed by atoms with van der Waals surface area (Å²) in [5.41, 5.74) is 2.29. The summed E-state index contributed by atoms with van der Waals surface area (Å²) in [5.74, 6) is -0.312. The number of sulfone groups is 1. The molecular formula is C16H24O3S. The van der Waals surface area contributed by atoms with Gasteiger partial charge in [-0.05, 0) is 45.2 Å². The number of rotatable bonds is 5. The lowest BCUT2D eigenvalue weighted by Crippen LogP contribution is -2.37. The molecule has 2 unspecified atom stereocenters. The van der Waals surface area contributed by atoms with E-state index in [4.69, 9.17) is 0 Å². The molecule has 1 rings (SSSR count). The van der Waals surface area contributed by atoms with Gasteiger partial charge in [-0.1, -0.05) is 31.5 Å². The molecule has 0 saturated carbocycles. The molecule has 0 aliphatic rings. The Morgan fingerprint density at radius 1 is 1.05 bits per heavy atom. The Balaban J connectivity index is 3.18. The van der Waals surface area contributed by atoms with Gasteiger partial charge in [-0.25, -0.2) is 8.42 Å². The third-order valence-corrected chi connectivity index (χ3v) is 6.76. The fourth-order valence-electron chi connectivity index (χ4n) is 2.07. The van der Waals surface area contributed by atoms with E-state index in [1.165, 1.54) is 6.92 Å². The van der Waals surface area contributed by atoms with Gasteiger partial charge in [0.15, 0.2) is 15.6 Å². The van der Waals surface area contributed by atoms with Crippen LogP contribution in [0.5, 0.6) is 0 Å². The minimum atomic E-state index is -3.46. The zero-order valence-electron chi connectivity index (χ0n) is 13.1. The van der Waals surface area contributed by atoms with Crippen LogP contribution >= 0.6 is 0 Å². The van der Waals surface area contributed by atoms with E-state index in [2.05, 4.69) is 0 Å². The molecule has 4 heteroatoms. The van der Waals surface area contributed by atoms with Crippen molar-refractivity contribution in [3.05, 3.63) is 34.9 Å². The summed E-state index contributed by atoms with van der Waals surface area (Å²) in [5, 5.41) is -1.52. The van der Waals surface area contributed by atoms with Crippen LogP contribution in [-0.2, 0) is 9.84 Å². The van der Waals surface area contributed by atoms with Gasteiger partial charge < -0.3 is 0 Å². The Labute approximate surface area is 122 Å². The van der Waals surface area contributed by atoms with Crippen LogP contribution in [0.4, 0.5) is 0 Å². The molecule has 0 radical (unpaired) electrons. The lowest BCUT2D eigenvalue weighted by Gasteiger charge is -2.21. The second kappa shape index (κ2) is 6.08. The van der Waals surface area contributed by atoms with E-state index in [-0.39, 0.29) is 11.7 Å². The first-order chi connectivity index (χ1) is 9.09. The van der Waals surface area contributed by atoms with Gasteiger partial charge in [0.1, 0.15) is 5.25 Å². The fraction of sp³-hybridized carbons (Fsp3) is 0.562. The summed E-state index contributed by atoms with van der Waals surface area (Å²) in [4.78, 5) is 12.5. The summed E-state index contributed by atoms with van der Waals surface area (Å²) in [7, 11) is -3.46. The number of hydrogen-bond donors (Lipinski definition) is 0. The molecule has 112 valence electrons. The van der Waals surface area contributed by atoms with Crippen molar-refractivity contribution in [2.45, 2.75) is 52.0 Å². The zero-order chi connectivity index (χ0) is 15.7. The lowest BCUT2D eigenvalue weighted by atomic mass is 10.0. The van der Waals surface area contributed by atoms with Crippen LogP contribution in [0.3, 0.4) is 0 Å². The van der Waals surface area contributed by atoms with Crippen molar-refractivity contribution in [1.29, 1.82) is 0 Å². The van der Waals surface area contributed by atoms with Crippen molar-refractivity contribution in [3.8, 4) is 0 Å². The Morgan fingerprint density at radius 3 is 2.10 bits per heavy atom. The topological polar surface area (TPSA) is 51.2 Å². The molecule has 1 aromatic carbocycles. The number of carbonyl (C=O) groups is 1. The monoisotopic (exact) mass is 296 g/mol. The van der Waals surface area contributed by atoms with E-state index in [1.807, 2.05) is 39.8 Å². The molecule has 1 aromatic rings. The van der Waals surface area contributed by atoms with Gasteiger partial charge >= 0.3 is 0 Å². The van der Waals surface area contributed by atoms with E-state index in [9.17, 15) is 13.2 Å². The molecule has 0 heterocycles. The molecule has 2 atom stereocenters. The average molecular weight is 296 g/mol. The summed E-state index contributed by atoms with van der Waals surface area (Å²) >= 11 is 0. The maximum absolute atomic E-state index is 12.5. The zero-order valence-corrected chi connectivity index (χ0v) is 13.9. The van der Waals surface area contributed by atoms with Crippen molar-refractivity contribution < 1.29 is 13.2 Å². The molecule has 3 nitrogen and oxygen atoms in total. The van der Waals surface area contributed by atoms with Gasteiger partial charge in [0.2, 0.25) is 0 Å². The van der Waals surface area contributed by atoms with Crippen molar-refractivity contribution >= 4 is 15.6 Å². The normalized spacial score (nSPS) is 15.2. The quantitative estimate of drug-likeness (QED) is 0.783. The molecular weight excluding hydrogens is 272 g/mol. The van der Waals surface area contributed by atoms with Crippen molar-refractivity contribution in [3.63, 3.8) is 0 Å². The molecule has 0 N–H and O–H groups in total. The molecule has 0 saturated heterocycles. The Bertz CT molecular complexity index is 600. The largest absolute Gasteiger partial charge is 0.293 e. The molecule has 0 spiro atoms. The third kappa shape index (κ3) is 3.29. The number of Topliss-reactive ketones (excluding diaryl/α,β-unsaturated/α-hetero) is 1. The van der Waals surface area contributed by atoms with Crippen LogP contribution in [0.25, 0.3) is 0 Å². The van der Waals surface area contributed by atoms with E-state index < -0.39 is 20.3 Å². The Hall–Kier alpha value is -1.16. The average Bonchev–Trinajstić information content (AvgIpc) is 2.38. The Kier molecular flexibility index (Phi) is 5.14. The summed E-state index contributed by atoms with van der Waals surface area (Å²) < 4.78 is 24.9. The highest BCUT2D eigenvalue weighted by Crippen LogP contribution is 2.22. The molecule has 0 bridgehead atoms. The van der Waals surface area contributed by atoms with Crippen molar-refractivity contribution in [1.82, 2.24) is 0 Å². The first kappa shape index (κ1) is 16.9. The molecule has 0 fully saturated rings. The number of aryl methyl sites for hydroxylation is 2. The second-order valence-corrected chi connectivity index (χ2v) is 8.49. The van der Waals surface area contributed by atoms with Crippen LogP contribution in [-0.4, -0.2) is 24.7 Å². The lowest BCUT2D eigenvalue weighted by molar-refractivity contribution is 0.0990. The predicted molar refractivity (Wildman–Crippen MR) is 82.9 cm³/mol. The summed E-state index contributed by atoms with van der Waals surface area (Å²) in [6.45, 7) is 10.6.